The summed E-state index contributed by atoms with van der Waals surface area (Å²) in [7, 11) is 2.59. The average Bonchev–Trinajstić information content (AvgIpc) is 4.16. The fourth-order valence-corrected chi connectivity index (χ4v) is 9.97. The van der Waals surface area contributed by atoms with Crippen LogP contribution in [-0.2, 0) is 23.8 Å². The molecule has 3 saturated heterocycles. The van der Waals surface area contributed by atoms with Gasteiger partial charge in [-0.2, -0.15) is 0 Å². The van der Waals surface area contributed by atoms with Crippen LogP contribution in [0.1, 0.15) is 113 Å². The van der Waals surface area contributed by atoms with Crippen LogP contribution < -0.4 is 10.6 Å². The molecule has 4 unspecified atom stereocenters. The van der Waals surface area contributed by atoms with E-state index in [1.165, 1.54) is 25.3 Å². The van der Waals surface area contributed by atoms with Gasteiger partial charge in [0.25, 0.3) is 0 Å². The molecule has 3 fully saturated rings. The molecule has 2 bridgehead atoms. The highest BCUT2D eigenvalue weighted by Crippen LogP contribution is 2.56. The van der Waals surface area contributed by atoms with E-state index < -0.39 is 24.3 Å². The molecule has 16 nitrogen and oxygen atoms in total. The highest BCUT2D eigenvalue weighted by Gasteiger charge is 2.43. The lowest BCUT2D eigenvalue weighted by Crippen LogP contribution is -2.51. The van der Waals surface area contributed by atoms with Gasteiger partial charge in [-0.15, -0.1) is 0 Å². The molecule has 63 heavy (non-hydrogen) atoms. The van der Waals surface area contributed by atoms with Crippen LogP contribution in [0.3, 0.4) is 0 Å². The molecular weight excluding hydrogens is 803 g/mol. The minimum absolute atomic E-state index is 0.00433. The van der Waals surface area contributed by atoms with E-state index in [0.29, 0.717) is 18.9 Å². The van der Waals surface area contributed by atoms with E-state index in [9.17, 15) is 19.2 Å². The van der Waals surface area contributed by atoms with Gasteiger partial charge in [0, 0.05) is 30.4 Å². The SMILES string of the molecule is COC(=O)N[C@H](C(=O)N1CCCC1c1ncc(-c2ccc(-c3ccc(-c4ccc5nc(C6CCCN6C(=O)[C@@H](NC(=O)OC)C(C)C)[nH]c5c4)c4c3C3CCC4O3)nc2)[nH]1)C(C)C. The summed E-state index contributed by atoms with van der Waals surface area (Å²) in [4.78, 5) is 76.8. The first-order valence-corrected chi connectivity index (χ1v) is 22.1. The van der Waals surface area contributed by atoms with Crippen molar-refractivity contribution in [1.29, 1.82) is 0 Å². The molecule has 0 saturated carbocycles. The van der Waals surface area contributed by atoms with E-state index in [1.54, 1.807) is 11.1 Å². The second-order valence-electron chi connectivity index (χ2n) is 17.7. The smallest absolute Gasteiger partial charge is 0.407 e. The van der Waals surface area contributed by atoms with Gasteiger partial charge in [-0.3, -0.25) is 14.6 Å². The van der Waals surface area contributed by atoms with E-state index in [1.807, 2.05) is 57.0 Å². The Morgan fingerprint density at radius 1 is 0.698 bits per heavy atom. The molecule has 5 aromatic rings. The number of benzene rings is 2. The number of nitrogens with zero attached hydrogens (tertiary/aromatic N) is 5. The number of carbonyl (C=O) groups excluding carboxylic acids is 4. The number of rotatable bonds is 11. The number of fused-ring (bicyclic) bond motifs is 6. The number of hydrogen-bond donors (Lipinski definition) is 4. The third kappa shape index (κ3) is 7.78. The quantitative estimate of drug-likeness (QED) is 0.102. The first-order valence-electron chi connectivity index (χ1n) is 22.1. The Morgan fingerprint density at radius 3 is 1.87 bits per heavy atom. The maximum atomic E-state index is 13.8. The topological polar surface area (TPSA) is 197 Å². The number of methoxy groups -OCH3 is 2. The highest BCUT2D eigenvalue weighted by atomic mass is 16.5. The predicted molar refractivity (Wildman–Crippen MR) is 234 cm³/mol. The number of imidazole rings is 2. The van der Waals surface area contributed by atoms with E-state index in [4.69, 9.17) is 29.2 Å². The molecule has 4 aliphatic rings. The van der Waals surface area contributed by atoms with Gasteiger partial charge in [0.2, 0.25) is 11.8 Å². The van der Waals surface area contributed by atoms with Crippen LogP contribution in [-0.4, -0.2) is 98.1 Å². The molecule has 4 aliphatic heterocycles. The standard InChI is InChI=1S/C47H55N9O7/c1-24(2)40(53-46(59)61-5)44(57)55-19-7-9-34(55)42-49-23-33(52-42)27-12-15-30(48-22-27)29-14-13-28(38-36-17-18-37(63-36)39(29)38)26-11-16-31-32(21-26)51-43(50-31)35-10-8-20-56(35)45(58)41(25(3)4)54-47(60)62-6/h11-16,21-25,34-37,40-41H,7-10,17-20H2,1-6H3,(H,49,52)(H,50,51)(H,53,59)(H,54,60)/t34?,35?,36?,37?,40-,41-/m0/s1. The van der Waals surface area contributed by atoms with Crippen LogP contribution in [0.25, 0.3) is 44.7 Å². The van der Waals surface area contributed by atoms with E-state index in [0.717, 1.165) is 89.0 Å². The number of H-pyrrole nitrogens is 2. The fraction of sp³-hybridized carbons (Fsp3) is 0.468. The molecule has 7 heterocycles. The van der Waals surface area contributed by atoms with Crippen molar-refractivity contribution in [2.45, 2.75) is 103 Å². The van der Waals surface area contributed by atoms with Crippen molar-refractivity contribution in [2.24, 2.45) is 11.8 Å². The van der Waals surface area contributed by atoms with Crippen molar-refractivity contribution >= 4 is 35.0 Å². The van der Waals surface area contributed by atoms with Gasteiger partial charge in [0.05, 0.1) is 67.1 Å². The molecule has 3 aromatic heterocycles. The van der Waals surface area contributed by atoms with Crippen LogP contribution in [0, 0.1) is 11.8 Å². The van der Waals surface area contributed by atoms with E-state index in [2.05, 4.69) is 44.9 Å². The normalized spacial score (nSPS) is 21.3. The zero-order valence-corrected chi connectivity index (χ0v) is 36.6. The lowest BCUT2D eigenvalue weighted by atomic mass is 9.82. The van der Waals surface area contributed by atoms with Crippen molar-refractivity contribution in [3.63, 3.8) is 0 Å². The Labute approximate surface area is 365 Å². The number of aromatic amines is 2. The molecule has 4 amide bonds. The first-order chi connectivity index (χ1) is 30.4. The third-order valence-corrected chi connectivity index (χ3v) is 13.2. The molecule has 0 aliphatic carbocycles. The maximum Gasteiger partial charge on any atom is 0.407 e. The summed E-state index contributed by atoms with van der Waals surface area (Å²) >= 11 is 0. The second kappa shape index (κ2) is 17.1. The Hall–Kier alpha value is -6.29. The van der Waals surface area contributed by atoms with Gasteiger partial charge >= 0.3 is 12.2 Å². The molecule has 6 atom stereocenters. The Balaban J connectivity index is 0.949. The number of nitrogens with one attached hydrogen (secondary N) is 4. The fourth-order valence-electron chi connectivity index (χ4n) is 9.97. The first kappa shape index (κ1) is 42.0. The maximum absolute atomic E-state index is 13.8. The van der Waals surface area contributed by atoms with Gasteiger partial charge in [0.15, 0.2) is 0 Å². The van der Waals surface area contributed by atoms with Crippen LogP contribution >= 0.6 is 0 Å². The molecule has 330 valence electrons. The van der Waals surface area contributed by atoms with E-state index in [-0.39, 0.29) is 47.9 Å². The van der Waals surface area contributed by atoms with Gasteiger partial charge in [-0.05, 0) is 96.9 Å². The van der Waals surface area contributed by atoms with Crippen molar-refractivity contribution in [2.75, 3.05) is 27.3 Å². The molecule has 4 N–H and O–H groups in total. The molecule has 9 rings (SSSR count). The number of likely N-dealkylation sites (tertiary alicyclic amines) is 2. The molecular formula is C47H55N9O7. The zero-order chi connectivity index (χ0) is 44.1. The summed E-state index contributed by atoms with van der Waals surface area (Å²) < 4.78 is 16.1. The van der Waals surface area contributed by atoms with Crippen LogP contribution in [0.15, 0.2) is 54.9 Å². The Kier molecular flexibility index (Phi) is 11.4. The minimum atomic E-state index is -0.704. The van der Waals surface area contributed by atoms with Gasteiger partial charge in [-0.25, -0.2) is 19.6 Å². The molecule has 2 aromatic carbocycles. The third-order valence-electron chi connectivity index (χ3n) is 13.2. The molecule has 0 spiro atoms. The number of alkyl carbamates (subject to hydrolysis) is 2. The number of amides is 4. The largest absolute Gasteiger partial charge is 0.453 e. The van der Waals surface area contributed by atoms with E-state index >= 15 is 0 Å². The monoisotopic (exact) mass is 857 g/mol. The summed E-state index contributed by atoms with van der Waals surface area (Å²) in [5.74, 6) is 0.908. The lowest BCUT2D eigenvalue weighted by molar-refractivity contribution is -0.136. The minimum Gasteiger partial charge on any atom is -0.453 e. The van der Waals surface area contributed by atoms with Gasteiger partial charge < -0.3 is 44.6 Å². The summed E-state index contributed by atoms with van der Waals surface area (Å²) in [6, 6.07) is 12.8. The second-order valence-corrected chi connectivity index (χ2v) is 17.7. The average molecular weight is 858 g/mol. The number of ether oxygens (including phenoxy) is 3. The number of carbonyl (C=O) groups is 4. The summed E-state index contributed by atoms with van der Waals surface area (Å²) in [5.41, 5.74) is 9.86. The molecule has 0 radical (unpaired) electrons. The van der Waals surface area contributed by atoms with Crippen LogP contribution in [0.5, 0.6) is 0 Å². The van der Waals surface area contributed by atoms with Gasteiger partial charge in [0.1, 0.15) is 23.7 Å². The van der Waals surface area contributed by atoms with Gasteiger partial charge in [-0.1, -0.05) is 45.9 Å². The summed E-state index contributed by atoms with van der Waals surface area (Å²) in [6.07, 6.45) is 7.49. The molecule has 16 heteroatoms. The van der Waals surface area contributed by atoms with Crippen molar-refractivity contribution in [1.82, 2.24) is 45.4 Å². The number of aromatic nitrogens is 5. The van der Waals surface area contributed by atoms with Crippen molar-refractivity contribution < 1.29 is 33.4 Å². The van der Waals surface area contributed by atoms with Crippen LogP contribution in [0.2, 0.25) is 0 Å². The Bertz CT molecular complexity index is 2550. The summed E-state index contributed by atoms with van der Waals surface area (Å²) in [6.45, 7) is 8.79. The summed E-state index contributed by atoms with van der Waals surface area (Å²) in [5, 5.41) is 5.43. The predicted octanol–water partition coefficient (Wildman–Crippen LogP) is 7.68. The number of hydrogen-bond acceptors (Lipinski definition) is 10. The van der Waals surface area contributed by atoms with Crippen LogP contribution in [0.4, 0.5) is 9.59 Å². The Morgan fingerprint density at radius 2 is 1.29 bits per heavy atom. The van der Waals surface area contributed by atoms with Crippen molar-refractivity contribution in [3.8, 4) is 33.6 Å². The highest BCUT2D eigenvalue weighted by molar-refractivity contribution is 5.88. The van der Waals surface area contributed by atoms with Crippen molar-refractivity contribution in [3.05, 3.63) is 77.6 Å². The lowest BCUT2D eigenvalue weighted by Gasteiger charge is -2.30. The zero-order valence-electron chi connectivity index (χ0n) is 36.6. The number of pyridine rings is 1.